The van der Waals surface area contributed by atoms with E-state index in [0.717, 1.165) is 45.3 Å². The Balaban J connectivity index is 0.00000261. The van der Waals surface area contributed by atoms with Crippen molar-refractivity contribution in [1.82, 2.24) is 15.5 Å². The largest absolute Gasteiger partial charge is 0.376 e. The van der Waals surface area contributed by atoms with E-state index in [9.17, 15) is 0 Å². The molecule has 1 aromatic carbocycles. The summed E-state index contributed by atoms with van der Waals surface area (Å²) in [5.41, 5.74) is 2.61. The lowest BCUT2D eigenvalue weighted by molar-refractivity contribution is -0.0212. The Morgan fingerprint density at radius 1 is 1.22 bits per heavy atom. The number of guanidine groups is 1. The smallest absolute Gasteiger partial charge is 0.191 e. The molecule has 7 heteroatoms. The van der Waals surface area contributed by atoms with E-state index in [4.69, 9.17) is 4.74 Å². The number of nitrogens with one attached hydrogen (secondary N) is 2. The Labute approximate surface area is 183 Å². The lowest BCUT2D eigenvalue weighted by Gasteiger charge is -2.31. The first kappa shape index (κ1) is 22.1. The molecule has 1 aliphatic heterocycles. The highest BCUT2D eigenvalue weighted by molar-refractivity contribution is 14.0. The topological polar surface area (TPSA) is 48.9 Å². The summed E-state index contributed by atoms with van der Waals surface area (Å²) in [6.07, 6.45) is 0.325. The van der Waals surface area contributed by atoms with Crippen molar-refractivity contribution < 1.29 is 4.74 Å². The van der Waals surface area contributed by atoms with E-state index in [1.54, 1.807) is 18.4 Å². The van der Waals surface area contributed by atoms with E-state index in [1.807, 2.05) is 0 Å². The molecule has 1 saturated heterocycles. The van der Waals surface area contributed by atoms with Crippen LogP contribution in [-0.2, 0) is 24.4 Å². The highest BCUT2D eigenvalue weighted by atomic mass is 127. The van der Waals surface area contributed by atoms with E-state index >= 15 is 0 Å². The van der Waals surface area contributed by atoms with E-state index in [2.05, 4.69) is 69.2 Å². The third-order valence-corrected chi connectivity index (χ3v) is 5.29. The Morgan fingerprint density at radius 3 is 2.78 bits per heavy atom. The first-order chi connectivity index (χ1) is 12.7. The van der Waals surface area contributed by atoms with Gasteiger partial charge in [-0.15, -0.1) is 35.3 Å². The number of rotatable bonds is 6. The standard InChI is InChI=1S/C20H28N4OS.HI/c1-16-14-24(8-9-25-16)15-18-6-3-5-17(11-18)12-22-20(21-2)23-13-19-7-4-10-26-19;/h3-7,10-11,16H,8-9,12-15H2,1-2H3,(H2,21,22,23);1H. The molecule has 0 saturated carbocycles. The minimum atomic E-state index is 0. The molecular formula is C20H29IN4OS. The number of morpholine rings is 1. The normalized spacial score (nSPS) is 18.0. The molecule has 1 atom stereocenters. The zero-order valence-electron chi connectivity index (χ0n) is 16.0. The fraction of sp³-hybridized carbons (Fsp3) is 0.450. The molecule has 148 valence electrons. The SMILES string of the molecule is CN=C(NCc1cccc(CN2CCOC(C)C2)c1)NCc1cccs1.I. The van der Waals surface area contributed by atoms with Crippen molar-refractivity contribution in [2.45, 2.75) is 32.7 Å². The first-order valence-corrected chi connectivity index (χ1v) is 9.99. The van der Waals surface area contributed by atoms with Crippen molar-refractivity contribution >= 4 is 41.3 Å². The number of thiophene rings is 1. The molecule has 0 aliphatic carbocycles. The number of halogens is 1. The van der Waals surface area contributed by atoms with Gasteiger partial charge in [-0.25, -0.2) is 0 Å². The van der Waals surface area contributed by atoms with E-state index in [-0.39, 0.29) is 24.0 Å². The number of aliphatic imine (C=N–C) groups is 1. The minimum absolute atomic E-state index is 0. The molecule has 2 aromatic rings. The van der Waals surface area contributed by atoms with Gasteiger partial charge < -0.3 is 15.4 Å². The predicted octanol–water partition coefficient (Wildman–Crippen LogP) is 3.45. The third kappa shape index (κ3) is 7.40. The molecule has 0 amide bonds. The molecule has 2 N–H and O–H groups in total. The molecule has 1 unspecified atom stereocenters. The summed E-state index contributed by atoms with van der Waals surface area (Å²) in [7, 11) is 1.81. The van der Waals surface area contributed by atoms with Crippen LogP contribution >= 0.6 is 35.3 Å². The predicted molar refractivity (Wildman–Crippen MR) is 124 cm³/mol. The Kier molecular flexibility index (Phi) is 9.53. The lowest BCUT2D eigenvalue weighted by atomic mass is 10.1. The fourth-order valence-corrected chi connectivity index (χ4v) is 3.77. The molecule has 27 heavy (non-hydrogen) atoms. The van der Waals surface area contributed by atoms with Crippen LogP contribution < -0.4 is 10.6 Å². The van der Waals surface area contributed by atoms with Crippen LogP contribution in [0.1, 0.15) is 22.9 Å². The number of hydrogen-bond donors (Lipinski definition) is 2. The summed E-state index contributed by atoms with van der Waals surface area (Å²) in [4.78, 5) is 8.07. The van der Waals surface area contributed by atoms with Crippen molar-refractivity contribution in [2.24, 2.45) is 4.99 Å². The van der Waals surface area contributed by atoms with Gasteiger partial charge in [-0.1, -0.05) is 30.3 Å². The highest BCUT2D eigenvalue weighted by Gasteiger charge is 2.16. The average molecular weight is 500 g/mol. The van der Waals surface area contributed by atoms with Crippen LogP contribution in [0.5, 0.6) is 0 Å². The van der Waals surface area contributed by atoms with Gasteiger partial charge in [0.2, 0.25) is 0 Å². The van der Waals surface area contributed by atoms with Crippen molar-refractivity contribution in [1.29, 1.82) is 0 Å². The third-order valence-electron chi connectivity index (χ3n) is 4.42. The minimum Gasteiger partial charge on any atom is -0.376 e. The highest BCUT2D eigenvalue weighted by Crippen LogP contribution is 2.12. The van der Waals surface area contributed by atoms with Gasteiger partial charge in [-0.3, -0.25) is 9.89 Å². The number of ether oxygens (including phenoxy) is 1. The molecule has 3 rings (SSSR count). The second kappa shape index (κ2) is 11.6. The summed E-state index contributed by atoms with van der Waals surface area (Å²) in [6.45, 7) is 7.51. The van der Waals surface area contributed by atoms with Crippen LogP contribution in [0.2, 0.25) is 0 Å². The summed E-state index contributed by atoms with van der Waals surface area (Å²) >= 11 is 1.75. The van der Waals surface area contributed by atoms with Gasteiger partial charge in [0.15, 0.2) is 5.96 Å². The molecule has 5 nitrogen and oxygen atoms in total. The van der Waals surface area contributed by atoms with Crippen LogP contribution in [0.15, 0.2) is 46.8 Å². The van der Waals surface area contributed by atoms with E-state index in [0.29, 0.717) is 6.10 Å². The summed E-state index contributed by atoms with van der Waals surface area (Å²) in [6, 6.07) is 13.0. The maximum atomic E-state index is 5.63. The average Bonchev–Trinajstić information content (AvgIpc) is 3.16. The van der Waals surface area contributed by atoms with E-state index in [1.165, 1.54) is 16.0 Å². The Hall–Kier alpha value is -1.16. The zero-order valence-corrected chi connectivity index (χ0v) is 19.1. The van der Waals surface area contributed by atoms with Crippen LogP contribution in [0.25, 0.3) is 0 Å². The van der Waals surface area contributed by atoms with Gasteiger partial charge in [0.05, 0.1) is 19.3 Å². The fourth-order valence-electron chi connectivity index (χ4n) is 3.12. The van der Waals surface area contributed by atoms with Crippen molar-refractivity contribution in [3.63, 3.8) is 0 Å². The van der Waals surface area contributed by atoms with Gasteiger partial charge in [-0.2, -0.15) is 0 Å². The van der Waals surface area contributed by atoms with Crippen molar-refractivity contribution in [3.05, 3.63) is 57.8 Å². The van der Waals surface area contributed by atoms with Crippen LogP contribution in [0, 0.1) is 0 Å². The molecule has 1 aliphatic rings. The summed E-state index contributed by atoms with van der Waals surface area (Å²) in [5.74, 6) is 0.825. The molecule has 1 fully saturated rings. The molecule has 0 radical (unpaired) electrons. The monoisotopic (exact) mass is 500 g/mol. The second-order valence-electron chi connectivity index (χ2n) is 6.60. The Bertz CT molecular complexity index is 708. The van der Waals surface area contributed by atoms with E-state index < -0.39 is 0 Å². The van der Waals surface area contributed by atoms with Crippen LogP contribution in [0.3, 0.4) is 0 Å². The van der Waals surface area contributed by atoms with Crippen LogP contribution in [-0.4, -0.2) is 43.7 Å². The van der Waals surface area contributed by atoms with Gasteiger partial charge in [0, 0.05) is 38.1 Å². The van der Waals surface area contributed by atoms with Crippen molar-refractivity contribution in [2.75, 3.05) is 26.7 Å². The zero-order chi connectivity index (χ0) is 18.2. The molecular weight excluding hydrogens is 471 g/mol. The number of benzene rings is 1. The van der Waals surface area contributed by atoms with Gasteiger partial charge in [0.25, 0.3) is 0 Å². The van der Waals surface area contributed by atoms with Crippen molar-refractivity contribution in [3.8, 4) is 0 Å². The molecule has 2 heterocycles. The first-order valence-electron chi connectivity index (χ1n) is 9.11. The Morgan fingerprint density at radius 2 is 2.04 bits per heavy atom. The maximum absolute atomic E-state index is 5.63. The van der Waals surface area contributed by atoms with Gasteiger partial charge in [0.1, 0.15) is 0 Å². The maximum Gasteiger partial charge on any atom is 0.191 e. The number of nitrogens with zero attached hydrogens (tertiary/aromatic N) is 2. The quantitative estimate of drug-likeness (QED) is 0.363. The van der Waals surface area contributed by atoms with Gasteiger partial charge in [-0.05, 0) is 29.5 Å². The molecule has 0 spiro atoms. The summed E-state index contributed by atoms with van der Waals surface area (Å²) in [5, 5.41) is 8.84. The molecule has 1 aromatic heterocycles. The molecule has 0 bridgehead atoms. The van der Waals surface area contributed by atoms with Gasteiger partial charge >= 0.3 is 0 Å². The second-order valence-corrected chi connectivity index (χ2v) is 7.63. The number of hydrogen-bond acceptors (Lipinski definition) is 4. The summed E-state index contributed by atoms with van der Waals surface area (Å²) < 4.78 is 5.63. The van der Waals surface area contributed by atoms with Crippen LogP contribution in [0.4, 0.5) is 0 Å². The lowest BCUT2D eigenvalue weighted by Crippen LogP contribution is -2.40.